The molecule has 0 amide bonds. The minimum absolute atomic E-state index is 0.737. The highest BCUT2D eigenvalue weighted by Crippen LogP contribution is 2.37. The Labute approximate surface area is 213 Å². The van der Waals surface area contributed by atoms with E-state index in [0.29, 0.717) is 0 Å². The van der Waals surface area contributed by atoms with Crippen LogP contribution in [0.4, 0.5) is 0 Å². The lowest BCUT2D eigenvalue weighted by molar-refractivity contribution is 0.304. The lowest BCUT2D eigenvalue weighted by Crippen LogP contribution is -2.13. The third-order valence-corrected chi connectivity index (χ3v) is 7.62. The van der Waals surface area contributed by atoms with Crippen molar-refractivity contribution < 1.29 is 4.74 Å². The largest absolute Gasteiger partial charge is 0.494 e. The molecule has 0 unspecified atom stereocenters. The van der Waals surface area contributed by atoms with Crippen LogP contribution in [0.5, 0.6) is 5.75 Å². The molecule has 0 spiro atoms. The Morgan fingerprint density at radius 2 is 1.37 bits per heavy atom. The van der Waals surface area contributed by atoms with Crippen LogP contribution in [0.3, 0.4) is 0 Å². The van der Waals surface area contributed by atoms with Crippen molar-refractivity contribution in [2.24, 2.45) is 5.92 Å². The number of benzene rings is 3. The molecule has 0 saturated heterocycles. The van der Waals surface area contributed by atoms with Gasteiger partial charge in [0.1, 0.15) is 5.75 Å². The van der Waals surface area contributed by atoms with Gasteiger partial charge in [-0.25, -0.2) is 0 Å². The first kappa shape index (κ1) is 25.4. The molecular weight excluding hydrogens is 424 g/mol. The Kier molecular flexibility index (Phi) is 9.71. The molecule has 1 nitrogen and oxygen atoms in total. The van der Waals surface area contributed by atoms with Crippen LogP contribution in [0.2, 0.25) is 0 Å². The maximum Gasteiger partial charge on any atom is 0.119 e. The smallest absolute Gasteiger partial charge is 0.119 e. The molecule has 0 aromatic heterocycles. The topological polar surface area (TPSA) is 9.23 Å². The van der Waals surface area contributed by atoms with Crippen molar-refractivity contribution in [1.29, 1.82) is 0 Å². The normalized spacial score (nSPS) is 17.7. The minimum Gasteiger partial charge on any atom is -0.494 e. The number of unbranched alkanes of at least 4 members (excludes halogenated alkanes) is 4. The second-order valence-electron chi connectivity index (χ2n) is 10.4. The van der Waals surface area contributed by atoms with Crippen molar-refractivity contribution in [2.45, 2.75) is 90.4 Å². The van der Waals surface area contributed by atoms with Gasteiger partial charge in [-0.05, 0) is 96.7 Å². The van der Waals surface area contributed by atoms with Gasteiger partial charge in [-0.15, -0.1) is 0 Å². The second kappa shape index (κ2) is 13.4. The molecule has 184 valence electrons. The van der Waals surface area contributed by atoms with Crippen LogP contribution in [0.1, 0.15) is 107 Å². The zero-order chi connectivity index (χ0) is 24.3. The molecule has 0 atom stereocenters. The third kappa shape index (κ3) is 7.63. The Morgan fingerprint density at radius 3 is 2.14 bits per heavy atom. The molecule has 35 heavy (non-hydrogen) atoms. The van der Waals surface area contributed by atoms with E-state index in [1.54, 1.807) is 0 Å². The van der Waals surface area contributed by atoms with Gasteiger partial charge in [-0.3, -0.25) is 0 Å². The zero-order valence-corrected chi connectivity index (χ0v) is 21.8. The summed E-state index contributed by atoms with van der Waals surface area (Å²) < 4.78 is 5.94. The number of hydrogen-bond acceptors (Lipinski definition) is 1. The van der Waals surface area contributed by atoms with Gasteiger partial charge in [0.2, 0.25) is 0 Å². The quantitative estimate of drug-likeness (QED) is 0.213. The maximum absolute atomic E-state index is 5.94. The molecule has 1 fully saturated rings. The van der Waals surface area contributed by atoms with Gasteiger partial charge in [0, 0.05) is 11.1 Å². The van der Waals surface area contributed by atoms with E-state index in [4.69, 9.17) is 4.74 Å². The van der Waals surface area contributed by atoms with E-state index in [1.807, 2.05) is 0 Å². The van der Waals surface area contributed by atoms with Gasteiger partial charge < -0.3 is 4.74 Å². The Hall–Kier alpha value is -2.72. The summed E-state index contributed by atoms with van der Waals surface area (Å²) in [6.45, 7) is 5.34. The highest BCUT2D eigenvalue weighted by molar-refractivity contribution is 5.85. The highest BCUT2D eigenvalue weighted by Gasteiger charge is 2.21. The fraction of sp³-hybridized carbons (Fsp3) is 0.471. The van der Waals surface area contributed by atoms with Gasteiger partial charge in [-0.2, -0.15) is 0 Å². The van der Waals surface area contributed by atoms with Gasteiger partial charge in [-0.1, -0.05) is 88.5 Å². The van der Waals surface area contributed by atoms with E-state index in [9.17, 15) is 0 Å². The average molecular weight is 467 g/mol. The van der Waals surface area contributed by atoms with Crippen LogP contribution in [0, 0.1) is 17.8 Å². The molecule has 4 rings (SSSR count). The number of ether oxygens (including phenoxy) is 1. The first-order valence-corrected chi connectivity index (χ1v) is 14.0. The molecule has 1 aliphatic carbocycles. The lowest BCUT2D eigenvalue weighted by Gasteiger charge is -2.28. The van der Waals surface area contributed by atoms with Gasteiger partial charge in [0.05, 0.1) is 6.61 Å². The Bertz CT molecular complexity index is 1110. The molecule has 1 aliphatic rings. The van der Waals surface area contributed by atoms with E-state index < -0.39 is 0 Å². The van der Waals surface area contributed by atoms with Crippen LogP contribution in [0.15, 0.2) is 60.7 Å². The van der Waals surface area contributed by atoms with Crippen molar-refractivity contribution in [2.75, 3.05) is 6.61 Å². The summed E-state index contributed by atoms with van der Waals surface area (Å²) in [4.78, 5) is 0. The number of fused-ring (bicyclic) bond motifs is 1. The molecule has 3 aromatic carbocycles. The van der Waals surface area contributed by atoms with Crippen LogP contribution in [-0.2, 0) is 0 Å². The molecule has 0 aliphatic heterocycles. The summed E-state index contributed by atoms with van der Waals surface area (Å²) in [5, 5.41) is 2.41. The highest BCUT2D eigenvalue weighted by atomic mass is 16.5. The molecule has 1 heteroatoms. The van der Waals surface area contributed by atoms with Crippen LogP contribution < -0.4 is 4.74 Å². The third-order valence-electron chi connectivity index (χ3n) is 7.62. The van der Waals surface area contributed by atoms with Crippen molar-refractivity contribution in [3.63, 3.8) is 0 Å². The second-order valence-corrected chi connectivity index (χ2v) is 10.4. The molecule has 3 aromatic rings. The molecule has 0 N–H and O–H groups in total. The SMILES string of the molecule is CCCCCCOc1ccc2cc(C#Cc3ccc(C4CCC(CCCC)CC4)cc3)ccc2c1. The fourth-order valence-corrected chi connectivity index (χ4v) is 5.37. The standard InChI is InChI=1S/C34H42O/c1-3-5-7-8-24-35-34-23-22-32-25-29(16-21-33(32)26-34)11-10-28-14-19-31(20-15-28)30-17-12-27(13-18-30)9-6-4-2/h14-16,19-23,25-27,30H,3-9,12-13,17-18,24H2,1-2H3. The maximum atomic E-state index is 5.94. The summed E-state index contributed by atoms with van der Waals surface area (Å²) in [6, 6.07) is 21.9. The monoisotopic (exact) mass is 466 g/mol. The van der Waals surface area contributed by atoms with Crippen molar-refractivity contribution in [3.05, 3.63) is 77.4 Å². The predicted octanol–water partition coefficient (Wildman–Crippen LogP) is 9.66. The zero-order valence-electron chi connectivity index (χ0n) is 21.8. The summed E-state index contributed by atoms with van der Waals surface area (Å²) in [5.74, 6) is 9.39. The van der Waals surface area contributed by atoms with E-state index in [0.717, 1.165) is 41.7 Å². The molecule has 0 heterocycles. The molecular formula is C34H42O. The number of rotatable bonds is 10. The predicted molar refractivity (Wildman–Crippen MR) is 150 cm³/mol. The average Bonchev–Trinajstić information content (AvgIpc) is 2.91. The fourth-order valence-electron chi connectivity index (χ4n) is 5.37. The first-order valence-electron chi connectivity index (χ1n) is 14.0. The van der Waals surface area contributed by atoms with Crippen LogP contribution >= 0.6 is 0 Å². The summed E-state index contributed by atoms with van der Waals surface area (Å²) in [6.07, 6.45) is 14.6. The Morgan fingerprint density at radius 1 is 0.686 bits per heavy atom. The summed E-state index contributed by atoms with van der Waals surface area (Å²) in [5.41, 5.74) is 3.65. The van der Waals surface area contributed by atoms with Gasteiger partial charge in [0.15, 0.2) is 0 Å². The van der Waals surface area contributed by atoms with Gasteiger partial charge >= 0.3 is 0 Å². The lowest BCUT2D eigenvalue weighted by atomic mass is 9.77. The molecule has 1 saturated carbocycles. The Balaban J connectivity index is 1.32. The molecule has 0 radical (unpaired) electrons. The summed E-state index contributed by atoms with van der Waals surface area (Å²) >= 11 is 0. The van der Waals surface area contributed by atoms with Gasteiger partial charge in [0.25, 0.3) is 0 Å². The van der Waals surface area contributed by atoms with Crippen LogP contribution in [0.25, 0.3) is 10.8 Å². The van der Waals surface area contributed by atoms with E-state index in [2.05, 4.69) is 86.4 Å². The summed E-state index contributed by atoms with van der Waals surface area (Å²) in [7, 11) is 0. The van der Waals surface area contributed by atoms with Crippen molar-refractivity contribution in [1.82, 2.24) is 0 Å². The van der Waals surface area contributed by atoms with Crippen molar-refractivity contribution >= 4 is 10.8 Å². The minimum atomic E-state index is 0.737. The van der Waals surface area contributed by atoms with E-state index in [1.165, 1.54) is 80.5 Å². The number of hydrogen-bond donors (Lipinski definition) is 0. The molecule has 0 bridgehead atoms. The van der Waals surface area contributed by atoms with E-state index in [-0.39, 0.29) is 0 Å². The van der Waals surface area contributed by atoms with Crippen LogP contribution in [-0.4, -0.2) is 6.61 Å². The first-order chi connectivity index (χ1) is 17.2. The van der Waals surface area contributed by atoms with Crippen molar-refractivity contribution in [3.8, 4) is 17.6 Å². The van der Waals surface area contributed by atoms with E-state index >= 15 is 0 Å².